The Bertz CT molecular complexity index is 729. The Labute approximate surface area is 134 Å². The average Bonchev–Trinajstić information content (AvgIpc) is 2.81. The Morgan fingerprint density at radius 2 is 2.10 bits per heavy atom. The molecule has 2 heterocycles. The summed E-state index contributed by atoms with van der Waals surface area (Å²) in [6, 6.07) is 8.61. The fraction of sp³-hybridized carbons (Fsp3) is 0.143. The number of halogens is 2. The van der Waals surface area contributed by atoms with Crippen molar-refractivity contribution in [3.8, 4) is 5.75 Å². The van der Waals surface area contributed by atoms with Crippen molar-refractivity contribution in [3.63, 3.8) is 0 Å². The number of benzene rings is 1. The zero-order valence-corrected chi connectivity index (χ0v) is 13.0. The van der Waals surface area contributed by atoms with Gasteiger partial charge in [0, 0.05) is 0 Å². The number of ketones is 1. The maximum Gasteiger partial charge on any atom is 0.265 e. The van der Waals surface area contributed by atoms with Crippen LogP contribution in [-0.4, -0.2) is 24.8 Å². The van der Waals surface area contributed by atoms with E-state index in [4.69, 9.17) is 27.9 Å². The standard InChI is InChI=1S/C14H9Cl2NO3S/c15-12-5-8(14(16)21-12)10(18)6-17-9-3-1-2-4-11(9)20-7-13(17)19/h1-5H,6-7H2. The van der Waals surface area contributed by atoms with Gasteiger partial charge >= 0.3 is 0 Å². The molecule has 1 amide bonds. The van der Waals surface area contributed by atoms with Crippen LogP contribution in [0.15, 0.2) is 30.3 Å². The number of rotatable bonds is 3. The Hall–Kier alpha value is -1.56. The van der Waals surface area contributed by atoms with Crippen molar-refractivity contribution >= 4 is 51.9 Å². The molecule has 0 saturated carbocycles. The van der Waals surface area contributed by atoms with Crippen molar-refractivity contribution in [2.75, 3.05) is 18.1 Å². The van der Waals surface area contributed by atoms with E-state index in [-0.39, 0.29) is 24.8 Å². The van der Waals surface area contributed by atoms with E-state index in [1.54, 1.807) is 18.2 Å². The maximum absolute atomic E-state index is 12.3. The molecule has 4 nitrogen and oxygen atoms in total. The lowest BCUT2D eigenvalue weighted by Gasteiger charge is -2.28. The first-order valence-corrected chi connectivity index (χ1v) is 7.63. The Morgan fingerprint density at radius 3 is 2.81 bits per heavy atom. The summed E-state index contributed by atoms with van der Waals surface area (Å²) in [4.78, 5) is 25.7. The molecular weight excluding hydrogens is 333 g/mol. The Balaban J connectivity index is 1.89. The summed E-state index contributed by atoms with van der Waals surface area (Å²) >= 11 is 13.0. The number of hydrogen-bond donors (Lipinski definition) is 0. The molecule has 0 saturated heterocycles. The van der Waals surface area contributed by atoms with E-state index in [0.29, 0.717) is 25.7 Å². The molecule has 2 aromatic rings. The van der Waals surface area contributed by atoms with Gasteiger partial charge in [0.1, 0.15) is 10.1 Å². The van der Waals surface area contributed by atoms with Crippen LogP contribution in [0.3, 0.4) is 0 Å². The van der Waals surface area contributed by atoms with Crippen molar-refractivity contribution in [2.45, 2.75) is 0 Å². The summed E-state index contributed by atoms with van der Waals surface area (Å²) in [5.74, 6) is 0.0621. The minimum absolute atomic E-state index is 0.0809. The largest absolute Gasteiger partial charge is 0.482 e. The minimum atomic E-state index is -0.264. The third kappa shape index (κ3) is 2.77. The molecule has 0 fully saturated rings. The first kappa shape index (κ1) is 14.4. The van der Waals surface area contributed by atoms with Gasteiger partial charge in [-0.1, -0.05) is 35.3 Å². The average molecular weight is 342 g/mol. The van der Waals surface area contributed by atoms with Gasteiger partial charge in [-0.3, -0.25) is 14.5 Å². The van der Waals surface area contributed by atoms with Gasteiger partial charge in [-0.25, -0.2) is 0 Å². The molecule has 0 atom stereocenters. The first-order valence-electron chi connectivity index (χ1n) is 6.06. The molecule has 0 aliphatic carbocycles. The van der Waals surface area contributed by atoms with Crippen LogP contribution >= 0.6 is 34.5 Å². The second kappa shape index (κ2) is 5.67. The summed E-state index contributed by atoms with van der Waals surface area (Å²) in [5.41, 5.74) is 0.919. The lowest BCUT2D eigenvalue weighted by Crippen LogP contribution is -2.41. The van der Waals surface area contributed by atoms with Crippen LogP contribution in [0.1, 0.15) is 10.4 Å². The van der Waals surface area contributed by atoms with Gasteiger partial charge in [0.05, 0.1) is 22.1 Å². The van der Waals surface area contributed by atoms with E-state index in [2.05, 4.69) is 0 Å². The molecular formula is C14H9Cl2NO3S. The van der Waals surface area contributed by atoms with E-state index in [0.717, 1.165) is 11.3 Å². The molecule has 1 aromatic heterocycles. The third-order valence-corrected chi connectivity index (χ3v) is 4.55. The number of thiophene rings is 1. The van der Waals surface area contributed by atoms with E-state index >= 15 is 0 Å². The topological polar surface area (TPSA) is 46.6 Å². The number of carbonyl (C=O) groups is 2. The summed E-state index contributed by atoms with van der Waals surface area (Å²) in [7, 11) is 0. The molecule has 0 spiro atoms. The highest BCUT2D eigenvalue weighted by atomic mass is 35.5. The Kier molecular flexibility index (Phi) is 3.89. The molecule has 0 N–H and O–H groups in total. The predicted octanol–water partition coefficient (Wildman–Crippen LogP) is 3.66. The molecule has 1 aromatic carbocycles. The smallest absolute Gasteiger partial charge is 0.265 e. The summed E-state index contributed by atoms with van der Waals surface area (Å²) < 4.78 is 6.11. The van der Waals surface area contributed by atoms with Crippen molar-refractivity contribution in [1.29, 1.82) is 0 Å². The van der Waals surface area contributed by atoms with E-state index in [1.165, 1.54) is 11.0 Å². The summed E-state index contributed by atoms with van der Waals surface area (Å²) in [5, 5.41) is 0. The van der Waals surface area contributed by atoms with Crippen molar-refractivity contribution in [2.24, 2.45) is 0 Å². The zero-order chi connectivity index (χ0) is 15.0. The first-order chi connectivity index (χ1) is 10.1. The molecule has 1 aliphatic rings. The molecule has 21 heavy (non-hydrogen) atoms. The molecule has 0 bridgehead atoms. The lowest BCUT2D eigenvalue weighted by molar-refractivity contribution is -0.121. The molecule has 1 aliphatic heterocycles. The van der Waals surface area contributed by atoms with E-state index in [9.17, 15) is 9.59 Å². The van der Waals surface area contributed by atoms with Gasteiger partial charge in [0.2, 0.25) is 0 Å². The monoisotopic (exact) mass is 341 g/mol. The van der Waals surface area contributed by atoms with E-state index in [1.807, 2.05) is 6.07 Å². The normalized spacial score (nSPS) is 13.8. The van der Waals surface area contributed by atoms with Gasteiger partial charge in [-0.05, 0) is 18.2 Å². The molecule has 0 radical (unpaired) electrons. The summed E-state index contributed by atoms with van der Waals surface area (Å²) in [6.07, 6.45) is 0. The predicted molar refractivity (Wildman–Crippen MR) is 83.0 cm³/mol. The lowest BCUT2D eigenvalue weighted by atomic mass is 10.1. The number of fused-ring (bicyclic) bond motifs is 1. The van der Waals surface area contributed by atoms with Crippen LogP contribution in [0.5, 0.6) is 5.75 Å². The number of amides is 1. The second-order valence-corrected chi connectivity index (χ2v) is 6.68. The number of nitrogens with zero attached hydrogens (tertiary/aromatic N) is 1. The van der Waals surface area contributed by atoms with Gasteiger partial charge in [-0.2, -0.15) is 0 Å². The number of hydrogen-bond acceptors (Lipinski definition) is 4. The maximum atomic E-state index is 12.3. The zero-order valence-electron chi connectivity index (χ0n) is 10.6. The molecule has 0 unspecified atom stereocenters. The van der Waals surface area contributed by atoms with Crippen LogP contribution in [0.25, 0.3) is 0 Å². The third-order valence-electron chi connectivity index (χ3n) is 3.07. The van der Waals surface area contributed by atoms with Crippen molar-refractivity contribution in [3.05, 3.63) is 44.6 Å². The number of para-hydroxylation sites is 2. The number of Topliss-reactive ketones (excluding diaryl/α,β-unsaturated/α-hetero) is 1. The van der Waals surface area contributed by atoms with Crippen LogP contribution in [0, 0.1) is 0 Å². The Morgan fingerprint density at radius 1 is 1.33 bits per heavy atom. The van der Waals surface area contributed by atoms with Crippen molar-refractivity contribution in [1.82, 2.24) is 0 Å². The van der Waals surface area contributed by atoms with E-state index < -0.39 is 0 Å². The molecule has 3 rings (SSSR count). The van der Waals surface area contributed by atoms with Gasteiger partial charge in [0.25, 0.3) is 5.91 Å². The van der Waals surface area contributed by atoms with Crippen LogP contribution in [0.4, 0.5) is 5.69 Å². The fourth-order valence-corrected chi connectivity index (χ4v) is 3.59. The van der Waals surface area contributed by atoms with Gasteiger partial charge < -0.3 is 4.74 Å². The minimum Gasteiger partial charge on any atom is -0.482 e. The highest BCUT2D eigenvalue weighted by Crippen LogP contribution is 2.34. The molecule has 7 heteroatoms. The number of ether oxygens (including phenoxy) is 1. The van der Waals surface area contributed by atoms with Gasteiger partial charge in [-0.15, -0.1) is 11.3 Å². The molecule has 108 valence electrons. The highest BCUT2D eigenvalue weighted by Gasteiger charge is 2.28. The number of carbonyl (C=O) groups excluding carboxylic acids is 2. The second-order valence-electron chi connectivity index (χ2n) is 4.40. The van der Waals surface area contributed by atoms with Gasteiger partial charge in [0.15, 0.2) is 12.4 Å². The van der Waals surface area contributed by atoms with Crippen molar-refractivity contribution < 1.29 is 14.3 Å². The number of anilines is 1. The van der Waals surface area contributed by atoms with Crippen LogP contribution < -0.4 is 9.64 Å². The van der Waals surface area contributed by atoms with Crippen LogP contribution in [0.2, 0.25) is 8.67 Å². The quantitative estimate of drug-likeness (QED) is 0.800. The SMILES string of the molecule is O=C(CN1C(=O)COc2ccccc21)c1cc(Cl)sc1Cl. The summed E-state index contributed by atoms with van der Waals surface area (Å²) in [6.45, 7) is -0.172. The van der Waals surface area contributed by atoms with Crippen LogP contribution in [-0.2, 0) is 4.79 Å². The fourth-order valence-electron chi connectivity index (χ4n) is 2.09. The highest BCUT2D eigenvalue weighted by molar-refractivity contribution is 7.20.